The summed E-state index contributed by atoms with van der Waals surface area (Å²) in [6, 6.07) is 0.462. The molecule has 0 aliphatic carbocycles. The Morgan fingerprint density at radius 1 is 1.69 bits per heavy atom. The highest BCUT2D eigenvalue weighted by Gasteiger charge is 2.23. The molecule has 0 saturated carbocycles. The van der Waals surface area contributed by atoms with Crippen LogP contribution in [0, 0.1) is 5.92 Å². The molecule has 2 atom stereocenters. The molecule has 1 heterocycles. The second-order valence-corrected chi connectivity index (χ2v) is 5.58. The van der Waals surface area contributed by atoms with Crippen molar-refractivity contribution in [2.75, 3.05) is 37.8 Å². The van der Waals surface area contributed by atoms with Gasteiger partial charge in [-0.25, -0.2) is 0 Å². The molecule has 0 radical (unpaired) electrons. The van der Waals surface area contributed by atoms with Gasteiger partial charge in [-0.2, -0.15) is 11.8 Å². The van der Waals surface area contributed by atoms with Crippen LogP contribution in [-0.4, -0.2) is 43.9 Å². The van der Waals surface area contributed by atoms with Gasteiger partial charge in [0.1, 0.15) is 0 Å². The third kappa shape index (κ3) is 5.34. The van der Waals surface area contributed by atoms with E-state index in [1.165, 1.54) is 17.9 Å². The first-order chi connectivity index (χ1) is 7.74. The molecule has 1 fully saturated rings. The lowest BCUT2D eigenvalue weighted by molar-refractivity contribution is 0.153. The topological polar surface area (TPSA) is 47.3 Å². The molecular weight excluding hydrogens is 220 g/mol. The zero-order valence-corrected chi connectivity index (χ0v) is 11.0. The van der Waals surface area contributed by atoms with Crippen molar-refractivity contribution < 1.29 is 4.74 Å². The molecule has 0 aromatic heterocycles. The zero-order valence-electron chi connectivity index (χ0n) is 10.2. The van der Waals surface area contributed by atoms with Gasteiger partial charge >= 0.3 is 0 Å². The molecule has 0 aromatic carbocycles. The fourth-order valence-electron chi connectivity index (χ4n) is 1.88. The van der Waals surface area contributed by atoms with Gasteiger partial charge < -0.3 is 15.8 Å². The van der Waals surface area contributed by atoms with E-state index >= 15 is 0 Å². The molecule has 1 rings (SSSR count). The Hall–Kier alpha value is -0.0300. The average molecular weight is 244 g/mol. The Bertz CT molecular complexity index is 205. The van der Waals surface area contributed by atoms with E-state index < -0.39 is 0 Å². The van der Waals surface area contributed by atoms with Crippen LogP contribution in [0.5, 0.6) is 0 Å². The van der Waals surface area contributed by atoms with Crippen molar-refractivity contribution in [3.05, 3.63) is 12.2 Å². The number of nitrogens with one attached hydrogen (secondary N) is 1. The summed E-state index contributed by atoms with van der Waals surface area (Å²) in [5.74, 6) is 3.28. The lowest BCUT2D eigenvalue weighted by atomic mass is 9.99. The minimum Gasteiger partial charge on any atom is -0.376 e. The summed E-state index contributed by atoms with van der Waals surface area (Å²) in [5, 5.41) is 3.49. The van der Waals surface area contributed by atoms with Gasteiger partial charge in [0.15, 0.2) is 0 Å². The lowest BCUT2D eigenvalue weighted by Crippen LogP contribution is -2.43. The number of hydrogen-bond acceptors (Lipinski definition) is 4. The third-order valence-electron chi connectivity index (χ3n) is 2.79. The minimum atomic E-state index is 0.462. The van der Waals surface area contributed by atoms with E-state index in [4.69, 9.17) is 10.5 Å². The molecule has 3 N–H and O–H groups in total. The maximum Gasteiger partial charge on any atom is 0.0672 e. The summed E-state index contributed by atoms with van der Waals surface area (Å²) in [5.41, 5.74) is 6.86. The van der Waals surface area contributed by atoms with E-state index in [9.17, 15) is 0 Å². The van der Waals surface area contributed by atoms with Crippen LogP contribution in [0.3, 0.4) is 0 Å². The van der Waals surface area contributed by atoms with Crippen molar-refractivity contribution in [1.82, 2.24) is 5.32 Å². The summed E-state index contributed by atoms with van der Waals surface area (Å²) < 4.78 is 5.44. The van der Waals surface area contributed by atoms with Crippen LogP contribution in [0.2, 0.25) is 0 Å². The van der Waals surface area contributed by atoms with E-state index in [1.807, 2.05) is 18.7 Å². The van der Waals surface area contributed by atoms with Gasteiger partial charge in [0.05, 0.1) is 13.2 Å². The number of thioether (sulfide) groups is 1. The normalized spacial score (nSPS) is 22.2. The van der Waals surface area contributed by atoms with Gasteiger partial charge in [-0.3, -0.25) is 0 Å². The van der Waals surface area contributed by atoms with Crippen LogP contribution in [-0.2, 0) is 4.74 Å². The lowest BCUT2D eigenvalue weighted by Gasteiger charge is -2.22. The smallest absolute Gasteiger partial charge is 0.0672 e. The number of rotatable bonds is 8. The van der Waals surface area contributed by atoms with Crippen molar-refractivity contribution in [3.63, 3.8) is 0 Å². The van der Waals surface area contributed by atoms with E-state index in [1.54, 1.807) is 0 Å². The predicted octanol–water partition coefficient (Wildman–Crippen LogP) is 1.25. The highest BCUT2D eigenvalue weighted by Crippen LogP contribution is 2.25. The number of ether oxygens (including phenoxy) is 1. The Labute approximate surface area is 103 Å². The van der Waals surface area contributed by atoms with Crippen LogP contribution >= 0.6 is 11.8 Å². The molecule has 1 aliphatic rings. The maximum atomic E-state index is 5.79. The fraction of sp³-hybridized carbons (Fsp3) is 0.833. The van der Waals surface area contributed by atoms with Gasteiger partial charge in [0.2, 0.25) is 0 Å². The summed E-state index contributed by atoms with van der Waals surface area (Å²) in [6.45, 7) is 8.79. The SMILES string of the molecule is C=C(C)COCCNC(CN)C1CCSC1. The molecule has 4 heteroatoms. The van der Waals surface area contributed by atoms with Crippen molar-refractivity contribution in [3.8, 4) is 0 Å². The third-order valence-corrected chi connectivity index (χ3v) is 3.98. The second-order valence-electron chi connectivity index (χ2n) is 4.43. The monoisotopic (exact) mass is 244 g/mol. The minimum absolute atomic E-state index is 0.462. The van der Waals surface area contributed by atoms with Crippen molar-refractivity contribution in [2.24, 2.45) is 11.7 Å². The molecule has 16 heavy (non-hydrogen) atoms. The quantitative estimate of drug-likeness (QED) is 0.498. The predicted molar refractivity (Wildman–Crippen MR) is 71.9 cm³/mol. The molecule has 2 unspecified atom stereocenters. The van der Waals surface area contributed by atoms with Gasteiger partial charge in [0.25, 0.3) is 0 Å². The molecule has 0 amide bonds. The Kier molecular flexibility index (Phi) is 7.12. The van der Waals surface area contributed by atoms with Crippen LogP contribution in [0.25, 0.3) is 0 Å². The Morgan fingerprint density at radius 2 is 2.50 bits per heavy atom. The van der Waals surface area contributed by atoms with Gasteiger partial charge in [0, 0.05) is 19.1 Å². The summed E-state index contributed by atoms with van der Waals surface area (Å²) in [6.07, 6.45) is 1.30. The standard InChI is InChI=1S/C12H24N2OS/c1-10(2)8-15-5-4-14-12(7-13)11-3-6-16-9-11/h11-12,14H,1,3-9,13H2,2H3. The Morgan fingerprint density at radius 3 is 3.06 bits per heavy atom. The summed E-state index contributed by atoms with van der Waals surface area (Å²) in [4.78, 5) is 0. The molecule has 0 spiro atoms. The van der Waals surface area contributed by atoms with Crippen LogP contribution < -0.4 is 11.1 Å². The van der Waals surface area contributed by atoms with E-state index in [0.717, 1.165) is 31.2 Å². The van der Waals surface area contributed by atoms with Gasteiger partial charge in [-0.1, -0.05) is 12.2 Å². The summed E-state index contributed by atoms with van der Waals surface area (Å²) in [7, 11) is 0. The molecule has 1 aliphatic heterocycles. The molecule has 0 bridgehead atoms. The van der Waals surface area contributed by atoms with E-state index in [0.29, 0.717) is 12.6 Å². The van der Waals surface area contributed by atoms with E-state index in [2.05, 4.69) is 11.9 Å². The second kappa shape index (κ2) is 8.12. The van der Waals surface area contributed by atoms with Crippen LogP contribution in [0.15, 0.2) is 12.2 Å². The van der Waals surface area contributed by atoms with Crippen LogP contribution in [0.4, 0.5) is 0 Å². The van der Waals surface area contributed by atoms with Crippen molar-refractivity contribution in [2.45, 2.75) is 19.4 Å². The first-order valence-corrected chi connectivity index (χ1v) is 7.13. The van der Waals surface area contributed by atoms with Gasteiger partial charge in [-0.05, 0) is 30.8 Å². The maximum absolute atomic E-state index is 5.79. The zero-order chi connectivity index (χ0) is 11.8. The average Bonchev–Trinajstić information content (AvgIpc) is 2.76. The first kappa shape index (κ1) is 14.0. The molecule has 94 valence electrons. The fourth-order valence-corrected chi connectivity index (χ4v) is 3.21. The molecule has 1 saturated heterocycles. The Balaban J connectivity index is 2.06. The number of nitrogens with two attached hydrogens (primary N) is 1. The highest BCUT2D eigenvalue weighted by atomic mass is 32.2. The summed E-state index contributed by atoms with van der Waals surface area (Å²) >= 11 is 2.04. The van der Waals surface area contributed by atoms with E-state index in [-0.39, 0.29) is 0 Å². The van der Waals surface area contributed by atoms with Gasteiger partial charge in [-0.15, -0.1) is 0 Å². The molecular formula is C12H24N2OS. The number of hydrogen-bond donors (Lipinski definition) is 2. The van der Waals surface area contributed by atoms with Crippen molar-refractivity contribution in [1.29, 1.82) is 0 Å². The highest BCUT2D eigenvalue weighted by molar-refractivity contribution is 7.99. The molecule has 0 aromatic rings. The largest absolute Gasteiger partial charge is 0.376 e. The van der Waals surface area contributed by atoms with Crippen LogP contribution in [0.1, 0.15) is 13.3 Å². The first-order valence-electron chi connectivity index (χ1n) is 5.97. The van der Waals surface area contributed by atoms with Crippen molar-refractivity contribution >= 4 is 11.8 Å². The molecule has 3 nitrogen and oxygen atoms in total.